The lowest BCUT2D eigenvalue weighted by molar-refractivity contribution is -0.139. The average molecular weight is 629 g/mol. The number of rotatable bonds is 11. The third kappa shape index (κ3) is 7.46. The quantitative estimate of drug-likeness (QED) is 0.270. The Morgan fingerprint density at radius 2 is 1.55 bits per heavy atom. The lowest BCUT2D eigenvalue weighted by Crippen LogP contribution is -2.52. The van der Waals surface area contributed by atoms with E-state index in [1.165, 1.54) is 42.2 Å². The molecule has 0 saturated carbocycles. The van der Waals surface area contributed by atoms with E-state index in [0.717, 1.165) is 16.4 Å². The molecule has 3 rings (SSSR count). The molecule has 0 saturated heterocycles. The summed E-state index contributed by atoms with van der Waals surface area (Å²) in [5.41, 5.74) is 0.362. The summed E-state index contributed by atoms with van der Waals surface area (Å²) in [6.07, 6.45) is 0.664. The van der Waals surface area contributed by atoms with Crippen LogP contribution < -0.4 is 9.62 Å². The molecule has 2 amide bonds. The minimum absolute atomic E-state index is 0.0314. The number of amides is 2. The second-order valence-corrected chi connectivity index (χ2v) is 12.2. The summed E-state index contributed by atoms with van der Waals surface area (Å²) in [5, 5.41) is 3.08. The Hall–Kier alpha value is -2.85. The van der Waals surface area contributed by atoms with E-state index >= 15 is 0 Å². The van der Waals surface area contributed by atoms with E-state index < -0.39 is 40.2 Å². The molecule has 0 aliphatic carbocycles. The van der Waals surface area contributed by atoms with Crippen LogP contribution in [0.15, 0.2) is 71.6 Å². The first-order chi connectivity index (χ1) is 18.9. The van der Waals surface area contributed by atoms with Crippen molar-refractivity contribution in [1.82, 2.24) is 10.2 Å². The minimum Gasteiger partial charge on any atom is -0.352 e. The van der Waals surface area contributed by atoms with Crippen molar-refractivity contribution < 1.29 is 22.4 Å². The molecule has 2 atom stereocenters. The number of benzene rings is 3. The SMILES string of the molecule is CC[C@@H](C)NC(=O)[C@@H](C)N(Cc1c(Cl)cccc1Cl)C(=O)CN(c1ccc(F)c(Cl)c1)S(=O)(=O)c1ccccc1. The van der Waals surface area contributed by atoms with Crippen molar-refractivity contribution in [2.24, 2.45) is 0 Å². The monoisotopic (exact) mass is 627 g/mol. The van der Waals surface area contributed by atoms with Gasteiger partial charge in [-0.3, -0.25) is 13.9 Å². The number of nitrogens with zero attached hydrogens (tertiary/aromatic N) is 2. The van der Waals surface area contributed by atoms with Crippen LogP contribution in [0, 0.1) is 5.82 Å². The molecule has 0 bridgehead atoms. The van der Waals surface area contributed by atoms with Crippen molar-refractivity contribution in [3.05, 3.63) is 93.2 Å². The normalized spacial score (nSPS) is 12.9. The molecule has 0 aromatic heterocycles. The molecule has 0 heterocycles. The predicted octanol–water partition coefficient (Wildman–Crippen LogP) is 6.31. The summed E-state index contributed by atoms with van der Waals surface area (Å²) >= 11 is 18.7. The molecule has 0 radical (unpaired) electrons. The van der Waals surface area contributed by atoms with Gasteiger partial charge in [-0.2, -0.15) is 0 Å². The van der Waals surface area contributed by atoms with Gasteiger partial charge in [-0.25, -0.2) is 12.8 Å². The van der Waals surface area contributed by atoms with Crippen LogP contribution in [0.2, 0.25) is 15.1 Å². The standard InChI is InChI=1S/C28H29Cl3FN3O4S/c1-4-18(2)33-28(37)19(3)34(16-22-23(29)11-8-12-24(22)30)27(36)17-35(20-13-14-26(32)25(31)15-20)40(38,39)21-9-6-5-7-10-21/h5-15,18-19H,4,16-17H2,1-3H3,(H,33,37)/t18-,19-/m1/s1. The van der Waals surface area contributed by atoms with Crippen LogP contribution in [0.5, 0.6) is 0 Å². The van der Waals surface area contributed by atoms with Gasteiger partial charge in [0.2, 0.25) is 11.8 Å². The van der Waals surface area contributed by atoms with Gasteiger partial charge in [-0.1, -0.05) is 66.0 Å². The second-order valence-electron chi connectivity index (χ2n) is 9.14. The minimum atomic E-state index is -4.32. The Morgan fingerprint density at radius 1 is 0.925 bits per heavy atom. The van der Waals surface area contributed by atoms with Crippen LogP contribution in [0.25, 0.3) is 0 Å². The van der Waals surface area contributed by atoms with Crippen LogP contribution in [-0.4, -0.2) is 43.8 Å². The Balaban J connectivity index is 2.08. The molecule has 0 aliphatic rings. The van der Waals surface area contributed by atoms with E-state index in [0.29, 0.717) is 12.0 Å². The van der Waals surface area contributed by atoms with Crippen LogP contribution in [-0.2, 0) is 26.2 Å². The van der Waals surface area contributed by atoms with Gasteiger partial charge in [0.25, 0.3) is 10.0 Å². The van der Waals surface area contributed by atoms with Crippen molar-refractivity contribution in [2.75, 3.05) is 10.8 Å². The fraction of sp³-hybridized carbons (Fsp3) is 0.286. The summed E-state index contributed by atoms with van der Waals surface area (Å²) in [6, 6.07) is 14.5. The molecule has 0 aliphatic heterocycles. The van der Waals surface area contributed by atoms with E-state index in [9.17, 15) is 22.4 Å². The molecule has 12 heteroatoms. The smallest absolute Gasteiger partial charge is 0.264 e. The zero-order chi connectivity index (χ0) is 29.6. The first-order valence-corrected chi connectivity index (χ1v) is 15.0. The summed E-state index contributed by atoms with van der Waals surface area (Å²) < 4.78 is 42.3. The molecule has 3 aromatic rings. The lowest BCUT2D eigenvalue weighted by atomic mass is 10.1. The Morgan fingerprint density at radius 3 is 2.12 bits per heavy atom. The Kier molecular flexibility index (Phi) is 10.8. The number of hydrogen-bond donors (Lipinski definition) is 1. The van der Waals surface area contributed by atoms with Gasteiger partial charge in [0.1, 0.15) is 18.4 Å². The number of halogens is 4. The summed E-state index contributed by atoms with van der Waals surface area (Å²) in [4.78, 5) is 28.2. The number of carbonyl (C=O) groups excluding carboxylic acids is 2. The summed E-state index contributed by atoms with van der Waals surface area (Å²) in [5.74, 6) is -1.91. The van der Waals surface area contributed by atoms with Gasteiger partial charge < -0.3 is 10.2 Å². The molecule has 1 N–H and O–H groups in total. The van der Waals surface area contributed by atoms with Crippen molar-refractivity contribution in [3.8, 4) is 0 Å². The van der Waals surface area contributed by atoms with Gasteiger partial charge in [-0.15, -0.1) is 0 Å². The van der Waals surface area contributed by atoms with Crippen molar-refractivity contribution in [2.45, 2.75) is 50.7 Å². The number of nitrogens with one attached hydrogen (secondary N) is 1. The number of sulfonamides is 1. The maximum Gasteiger partial charge on any atom is 0.264 e. The first kappa shape index (κ1) is 31.7. The highest BCUT2D eigenvalue weighted by molar-refractivity contribution is 7.92. The summed E-state index contributed by atoms with van der Waals surface area (Å²) in [6.45, 7) is 4.37. The van der Waals surface area contributed by atoms with E-state index in [2.05, 4.69) is 5.32 Å². The highest BCUT2D eigenvalue weighted by Crippen LogP contribution is 2.30. The zero-order valence-electron chi connectivity index (χ0n) is 22.1. The fourth-order valence-corrected chi connectivity index (χ4v) is 5.91. The van der Waals surface area contributed by atoms with Crippen molar-refractivity contribution in [3.63, 3.8) is 0 Å². The number of carbonyl (C=O) groups is 2. The second kappa shape index (κ2) is 13.7. The van der Waals surface area contributed by atoms with Gasteiger partial charge in [0.15, 0.2) is 0 Å². The highest BCUT2D eigenvalue weighted by atomic mass is 35.5. The highest BCUT2D eigenvalue weighted by Gasteiger charge is 2.33. The molecule has 7 nitrogen and oxygen atoms in total. The molecular formula is C28H29Cl3FN3O4S. The van der Waals surface area contributed by atoms with Crippen molar-refractivity contribution >= 4 is 62.3 Å². The molecule has 214 valence electrons. The fourth-order valence-electron chi connectivity index (χ4n) is 3.79. The zero-order valence-corrected chi connectivity index (χ0v) is 25.2. The first-order valence-electron chi connectivity index (χ1n) is 12.4. The van der Waals surface area contributed by atoms with E-state index in [1.807, 2.05) is 13.8 Å². The molecule has 0 fully saturated rings. The van der Waals surface area contributed by atoms with Crippen LogP contribution >= 0.6 is 34.8 Å². The molecular weight excluding hydrogens is 600 g/mol. The predicted molar refractivity (Wildman–Crippen MR) is 157 cm³/mol. The summed E-state index contributed by atoms with van der Waals surface area (Å²) in [7, 11) is -4.32. The number of anilines is 1. The number of hydrogen-bond acceptors (Lipinski definition) is 4. The maximum absolute atomic E-state index is 14.0. The van der Waals surface area contributed by atoms with E-state index in [4.69, 9.17) is 34.8 Å². The third-order valence-electron chi connectivity index (χ3n) is 6.36. The van der Waals surface area contributed by atoms with Gasteiger partial charge in [0, 0.05) is 28.2 Å². The average Bonchev–Trinajstić information content (AvgIpc) is 2.93. The van der Waals surface area contributed by atoms with Crippen LogP contribution in [0.3, 0.4) is 0 Å². The molecule has 0 unspecified atom stereocenters. The molecule has 3 aromatic carbocycles. The molecule has 40 heavy (non-hydrogen) atoms. The Bertz CT molecular complexity index is 1450. The maximum atomic E-state index is 14.0. The van der Waals surface area contributed by atoms with Gasteiger partial charge in [-0.05, 0) is 62.7 Å². The lowest BCUT2D eigenvalue weighted by Gasteiger charge is -2.33. The largest absolute Gasteiger partial charge is 0.352 e. The molecule has 0 spiro atoms. The third-order valence-corrected chi connectivity index (χ3v) is 9.15. The van der Waals surface area contributed by atoms with E-state index in [-0.39, 0.29) is 38.2 Å². The van der Waals surface area contributed by atoms with Crippen molar-refractivity contribution in [1.29, 1.82) is 0 Å². The van der Waals surface area contributed by atoms with Crippen LogP contribution in [0.4, 0.5) is 10.1 Å². The van der Waals surface area contributed by atoms with Gasteiger partial charge >= 0.3 is 0 Å². The van der Waals surface area contributed by atoms with Crippen LogP contribution in [0.1, 0.15) is 32.8 Å². The Labute approximate surface area is 248 Å². The topological polar surface area (TPSA) is 86.8 Å². The van der Waals surface area contributed by atoms with Gasteiger partial charge in [0.05, 0.1) is 15.6 Å². The van der Waals surface area contributed by atoms with E-state index in [1.54, 1.807) is 24.3 Å².